The molecular weight excluding hydrogens is 277 g/mol. The molecule has 0 heterocycles. The highest BCUT2D eigenvalue weighted by molar-refractivity contribution is 9.10. The van der Waals surface area contributed by atoms with E-state index in [0.717, 1.165) is 29.7 Å². The molecular formula is C11H15BrClNO. The van der Waals surface area contributed by atoms with Gasteiger partial charge in [-0.3, -0.25) is 0 Å². The van der Waals surface area contributed by atoms with Crippen LogP contribution in [0, 0.1) is 0 Å². The first kappa shape index (κ1) is 12.8. The largest absolute Gasteiger partial charge is 0.496 e. The summed E-state index contributed by atoms with van der Waals surface area (Å²) in [5, 5.41) is 3.32. The molecule has 15 heavy (non-hydrogen) atoms. The highest BCUT2D eigenvalue weighted by Gasteiger charge is 2.00. The molecule has 0 saturated heterocycles. The van der Waals surface area contributed by atoms with Gasteiger partial charge in [-0.1, -0.05) is 6.07 Å². The van der Waals surface area contributed by atoms with Gasteiger partial charge in [0, 0.05) is 12.4 Å². The van der Waals surface area contributed by atoms with Gasteiger partial charge in [-0.2, -0.15) is 0 Å². The van der Waals surface area contributed by atoms with Crippen LogP contribution in [-0.2, 0) is 6.54 Å². The van der Waals surface area contributed by atoms with Crippen LogP contribution in [0.3, 0.4) is 0 Å². The zero-order valence-electron chi connectivity index (χ0n) is 8.72. The van der Waals surface area contributed by atoms with Crippen molar-refractivity contribution < 1.29 is 4.74 Å². The zero-order chi connectivity index (χ0) is 11.1. The predicted octanol–water partition coefficient (Wildman–Crippen LogP) is 3.18. The van der Waals surface area contributed by atoms with Crippen molar-refractivity contribution in [3.8, 4) is 5.75 Å². The Labute approximate surface area is 104 Å². The Morgan fingerprint density at radius 1 is 1.47 bits per heavy atom. The molecule has 1 rings (SSSR count). The standard InChI is InChI=1S/C11H15BrClNO/c1-15-11-4-3-9(7-10(11)12)8-14-6-2-5-13/h3-4,7,14H,2,5-6,8H2,1H3. The van der Waals surface area contributed by atoms with Crippen LogP contribution >= 0.6 is 27.5 Å². The summed E-state index contributed by atoms with van der Waals surface area (Å²) in [4.78, 5) is 0. The molecule has 0 radical (unpaired) electrons. The van der Waals surface area contributed by atoms with Crippen molar-refractivity contribution in [3.05, 3.63) is 28.2 Å². The number of methoxy groups -OCH3 is 1. The summed E-state index contributed by atoms with van der Waals surface area (Å²) in [6.07, 6.45) is 0.999. The molecule has 0 atom stereocenters. The van der Waals surface area contributed by atoms with E-state index in [0.29, 0.717) is 5.88 Å². The number of benzene rings is 1. The molecule has 2 nitrogen and oxygen atoms in total. The summed E-state index contributed by atoms with van der Waals surface area (Å²) in [7, 11) is 1.67. The van der Waals surface area contributed by atoms with Gasteiger partial charge in [0.25, 0.3) is 0 Å². The Hall–Kier alpha value is -0.250. The molecule has 1 N–H and O–H groups in total. The summed E-state index contributed by atoms with van der Waals surface area (Å²) in [5.74, 6) is 1.57. The van der Waals surface area contributed by atoms with Crippen molar-refractivity contribution in [2.24, 2.45) is 0 Å². The molecule has 1 aromatic rings. The maximum absolute atomic E-state index is 5.58. The van der Waals surface area contributed by atoms with E-state index in [-0.39, 0.29) is 0 Å². The minimum Gasteiger partial charge on any atom is -0.496 e. The molecule has 0 fully saturated rings. The van der Waals surface area contributed by atoms with E-state index >= 15 is 0 Å². The third kappa shape index (κ3) is 4.41. The van der Waals surface area contributed by atoms with Crippen LogP contribution < -0.4 is 10.1 Å². The summed E-state index contributed by atoms with van der Waals surface area (Å²) in [6.45, 7) is 1.81. The Bertz CT molecular complexity index is 307. The summed E-state index contributed by atoms with van der Waals surface area (Å²) < 4.78 is 6.15. The average molecular weight is 293 g/mol. The Morgan fingerprint density at radius 2 is 2.27 bits per heavy atom. The molecule has 0 saturated carbocycles. The Balaban J connectivity index is 2.45. The third-order valence-corrected chi connectivity index (χ3v) is 2.92. The van der Waals surface area contributed by atoms with Gasteiger partial charge in [-0.25, -0.2) is 0 Å². The fraction of sp³-hybridized carbons (Fsp3) is 0.455. The fourth-order valence-electron chi connectivity index (χ4n) is 1.24. The molecule has 1 aromatic carbocycles. The van der Waals surface area contributed by atoms with E-state index in [4.69, 9.17) is 16.3 Å². The Morgan fingerprint density at radius 3 is 2.87 bits per heavy atom. The molecule has 4 heteroatoms. The number of halogens is 2. The molecule has 0 amide bonds. The quantitative estimate of drug-likeness (QED) is 0.642. The molecule has 0 aliphatic heterocycles. The van der Waals surface area contributed by atoms with Gasteiger partial charge in [0.2, 0.25) is 0 Å². The van der Waals surface area contributed by atoms with Crippen LogP contribution in [0.2, 0.25) is 0 Å². The van der Waals surface area contributed by atoms with Gasteiger partial charge in [0.1, 0.15) is 5.75 Å². The van der Waals surface area contributed by atoms with Gasteiger partial charge < -0.3 is 10.1 Å². The number of rotatable bonds is 6. The van der Waals surface area contributed by atoms with Crippen molar-refractivity contribution in [1.82, 2.24) is 5.32 Å². The molecule has 0 unspecified atom stereocenters. The maximum atomic E-state index is 5.58. The van der Waals surface area contributed by atoms with Crippen molar-refractivity contribution >= 4 is 27.5 Å². The second-order valence-electron chi connectivity index (χ2n) is 3.19. The number of nitrogens with one attached hydrogen (secondary N) is 1. The predicted molar refractivity (Wildman–Crippen MR) is 67.7 cm³/mol. The summed E-state index contributed by atoms with van der Waals surface area (Å²) >= 11 is 9.04. The van der Waals surface area contributed by atoms with E-state index in [1.165, 1.54) is 5.56 Å². The second-order valence-corrected chi connectivity index (χ2v) is 4.42. The molecule has 0 spiro atoms. The zero-order valence-corrected chi connectivity index (χ0v) is 11.1. The molecule has 0 bridgehead atoms. The number of hydrogen-bond donors (Lipinski definition) is 1. The van der Waals surface area contributed by atoms with Gasteiger partial charge in [0.05, 0.1) is 11.6 Å². The first-order valence-electron chi connectivity index (χ1n) is 4.87. The van der Waals surface area contributed by atoms with E-state index in [9.17, 15) is 0 Å². The van der Waals surface area contributed by atoms with Crippen molar-refractivity contribution in [1.29, 1.82) is 0 Å². The van der Waals surface area contributed by atoms with Gasteiger partial charge in [-0.15, -0.1) is 11.6 Å². The van der Waals surface area contributed by atoms with Crippen LogP contribution in [0.4, 0.5) is 0 Å². The average Bonchev–Trinajstić information content (AvgIpc) is 2.25. The van der Waals surface area contributed by atoms with Crippen LogP contribution in [0.1, 0.15) is 12.0 Å². The first-order valence-corrected chi connectivity index (χ1v) is 6.19. The topological polar surface area (TPSA) is 21.3 Å². The van der Waals surface area contributed by atoms with E-state index in [1.807, 2.05) is 6.07 Å². The number of hydrogen-bond acceptors (Lipinski definition) is 2. The van der Waals surface area contributed by atoms with Gasteiger partial charge in [-0.05, 0) is 46.6 Å². The van der Waals surface area contributed by atoms with Gasteiger partial charge >= 0.3 is 0 Å². The van der Waals surface area contributed by atoms with Gasteiger partial charge in [0.15, 0.2) is 0 Å². The summed E-state index contributed by atoms with van der Waals surface area (Å²) in [5.41, 5.74) is 1.23. The summed E-state index contributed by atoms with van der Waals surface area (Å²) in [6, 6.07) is 6.08. The van der Waals surface area contributed by atoms with E-state index in [1.54, 1.807) is 7.11 Å². The van der Waals surface area contributed by atoms with Crippen LogP contribution in [-0.4, -0.2) is 19.5 Å². The van der Waals surface area contributed by atoms with Crippen molar-refractivity contribution in [3.63, 3.8) is 0 Å². The van der Waals surface area contributed by atoms with Crippen LogP contribution in [0.15, 0.2) is 22.7 Å². The number of alkyl halides is 1. The normalized spacial score (nSPS) is 10.3. The van der Waals surface area contributed by atoms with E-state index < -0.39 is 0 Å². The van der Waals surface area contributed by atoms with Crippen molar-refractivity contribution in [2.45, 2.75) is 13.0 Å². The van der Waals surface area contributed by atoms with Crippen molar-refractivity contribution in [2.75, 3.05) is 19.5 Å². The van der Waals surface area contributed by atoms with E-state index in [2.05, 4.69) is 33.4 Å². The lowest BCUT2D eigenvalue weighted by molar-refractivity contribution is 0.412. The lowest BCUT2D eigenvalue weighted by atomic mass is 10.2. The van der Waals surface area contributed by atoms with Crippen LogP contribution in [0.25, 0.3) is 0 Å². The molecule has 0 aromatic heterocycles. The fourth-order valence-corrected chi connectivity index (χ4v) is 1.97. The Kier molecular flexibility index (Phi) is 6.06. The first-order chi connectivity index (χ1) is 7.27. The minimum atomic E-state index is 0.708. The number of ether oxygens (including phenoxy) is 1. The lowest BCUT2D eigenvalue weighted by Crippen LogP contribution is -2.14. The second kappa shape index (κ2) is 7.09. The molecule has 84 valence electrons. The monoisotopic (exact) mass is 291 g/mol. The smallest absolute Gasteiger partial charge is 0.133 e. The highest BCUT2D eigenvalue weighted by Crippen LogP contribution is 2.25. The lowest BCUT2D eigenvalue weighted by Gasteiger charge is -2.07. The molecule has 0 aliphatic rings. The maximum Gasteiger partial charge on any atom is 0.133 e. The highest BCUT2D eigenvalue weighted by atomic mass is 79.9. The SMILES string of the molecule is COc1ccc(CNCCCCl)cc1Br. The molecule has 0 aliphatic carbocycles. The minimum absolute atomic E-state index is 0.708. The third-order valence-electron chi connectivity index (χ3n) is 2.03. The van der Waals surface area contributed by atoms with Crippen LogP contribution in [0.5, 0.6) is 5.75 Å².